The molecule has 4 aliphatic heterocycles. The standard InChI is InChI=1S/C30H38N2O17/c1-10-20(35)22(37)24(39)29(46-10)49-25-23(38)21(36)19(9-33)48-30(25)47-18-8-15-12(7-17(18)34)6-16(28(44)45)32(15)3-2-11-4-13(26(40)41)31-14(5-11)27(42)43/h2,4,7-8,10,14,16,19-25,29-31,33-39H,3,5-6,9H2,1H3,(H,40,41)(H,42,43)(H,44,45)/p+1. The molecule has 19 heteroatoms. The number of hydrogen-bond acceptors (Lipinski definition) is 15. The molecule has 0 radical (unpaired) electrons. The van der Waals surface area contributed by atoms with Gasteiger partial charge in [-0.3, -0.25) is 4.90 Å². The van der Waals surface area contributed by atoms with Crippen LogP contribution in [-0.4, -0.2) is 156 Å². The lowest BCUT2D eigenvalue weighted by Crippen LogP contribution is -3.11. The Labute approximate surface area is 277 Å². The summed E-state index contributed by atoms with van der Waals surface area (Å²) in [7, 11) is 0. The van der Waals surface area contributed by atoms with Crippen LogP contribution in [0.15, 0.2) is 35.6 Å². The number of aliphatic carboxylic acids is 3. The number of ether oxygens (including phenoxy) is 4. The molecule has 4 aliphatic rings. The van der Waals surface area contributed by atoms with Gasteiger partial charge in [0.25, 0.3) is 0 Å². The summed E-state index contributed by atoms with van der Waals surface area (Å²) >= 11 is 0. The highest BCUT2D eigenvalue weighted by atomic mass is 16.8. The summed E-state index contributed by atoms with van der Waals surface area (Å²) in [6, 6.07) is 0.263. The van der Waals surface area contributed by atoms with Crippen LogP contribution >= 0.6 is 0 Å². The van der Waals surface area contributed by atoms with Gasteiger partial charge in [0.1, 0.15) is 60.6 Å². The normalized spacial score (nSPS) is 38.3. The molecule has 0 amide bonds. The summed E-state index contributed by atoms with van der Waals surface area (Å²) in [6.45, 7) is 0.558. The second-order valence-electron chi connectivity index (χ2n) is 12.3. The van der Waals surface area contributed by atoms with E-state index in [1.807, 2.05) is 0 Å². The van der Waals surface area contributed by atoms with Crippen molar-refractivity contribution in [3.05, 3.63) is 41.1 Å². The minimum absolute atomic E-state index is 0.0288. The lowest BCUT2D eigenvalue weighted by atomic mass is 9.97. The number of aliphatic hydroxyl groups is 6. The molecule has 0 aromatic heterocycles. The molecular formula is C30H39N2O17+. The van der Waals surface area contributed by atoms with Crippen molar-refractivity contribution < 1.29 is 89.3 Å². The van der Waals surface area contributed by atoms with E-state index in [4.69, 9.17) is 18.9 Å². The second kappa shape index (κ2) is 14.5. The lowest BCUT2D eigenvalue weighted by Gasteiger charge is -2.45. The van der Waals surface area contributed by atoms with E-state index in [2.05, 4.69) is 5.32 Å². The maximum atomic E-state index is 12.3. The van der Waals surface area contributed by atoms with Gasteiger partial charge in [-0.1, -0.05) is 0 Å². The average molecular weight is 700 g/mol. The van der Waals surface area contributed by atoms with Crippen LogP contribution in [0.1, 0.15) is 18.9 Å². The van der Waals surface area contributed by atoms with Gasteiger partial charge in [0, 0.05) is 24.5 Å². The van der Waals surface area contributed by atoms with Crippen LogP contribution in [0.5, 0.6) is 11.5 Å². The van der Waals surface area contributed by atoms with E-state index in [-0.39, 0.29) is 30.8 Å². The maximum Gasteiger partial charge on any atom is 0.363 e. The number of carbonyl (C=O) groups is 3. The van der Waals surface area contributed by atoms with Gasteiger partial charge < -0.3 is 75.3 Å². The summed E-state index contributed by atoms with van der Waals surface area (Å²) in [5.74, 6) is -4.63. The van der Waals surface area contributed by atoms with Gasteiger partial charge in [-0.2, -0.15) is 0 Å². The van der Waals surface area contributed by atoms with Gasteiger partial charge in [0.2, 0.25) is 6.29 Å². The molecule has 0 bridgehead atoms. The van der Waals surface area contributed by atoms with Crippen molar-refractivity contribution in [3.8, 4) is 11.5 Å². The Hall–Kier alpha value is -3.89. The first-order chi connectivity index (χ1) is 23.1. The quantitative estimate of drug-likeness (QED) is 0.102. The predicted molar refractivity (Wildman–Crippen MR) is 157 cm³/mol. The van der Waals surface area contributed by atoms with Crippen LogP contribution in [0, 0.1) is 0 Å². The number of phenols is 1. The van der Waals surface area contributed by atoms with Crippen molar-refractivity contribution in [1.29, 1.82) is 0 Å². The Morgan fingerprint density at radius 1 is 0.939 bits per heavy atom. The molecule has 0 spiro atoms. The molecule has 19 nitrogen and oxygen atoms in total. The number of hydrogen-bond donors (Lipinski definition) is 12. The highest BCUT2D eigenvalue weighted by Crippen LogP contribution is 2.37. The number of fused-ring (bicyclic) bond motifs is 1. The van der Waals surface area contributed by atoms with Crippen molar-refractivity contribution >= 4 is 23.6 Å². The average Bonchev–Trinajstić information content (AvgIpc) is 3.41. The zero-order chi connectivity index (χ0) is 35.9. The molecule has 13 atom stereocenters. The van der Waals surface area contributed by atoms with Gasteiger partial charge in [-0.25, -0.2) is 14.4 Å². The first kappa shape index (κ1) is 36.4. The molecule has 4 heterocycles. The second-order valence-corrected chi connectivity index (χ2v) is 12.3. The number of rotatable bonds is 10. The summed E-state index contributed by atoms with van der Waals surface area (Å²) in [5.41, 5.74) is 0.748. The summed E-state index contributed by atoms with van der Waals surface area (Å²) in [6.07, 6.45) is -13.4. The Morgan fingerprint density at radius 3 is 2.29 bits per heavy atom. The van der Waals surface area contributed by atoms with Crippen molar-refractivity contribution in [2.24, 2.45) is 0 Å². The number of nitrogens with one attached hydrogen (secondary N) is 2. The highest BCUT2D eigenvalue weighted by Gasteiger charge is 2.51. The van der Waals surface area contributed by atoms with Crippen molar-refractivity contribution in [2.75, 3.05) is 13.2 Å². The number of aliphatic hydroxyl groups excluding tert-OH is 6. The van der Waals surface area contributed by atoms with E-state index < -0.39 is 104 Å². The molecule has 0 saturated carbocycles. The van der Waals surface area contributed by atoms with Crippen LogP contribution in [0.2, 0.25) is 0 Å². The lowest BCUT2D eigenvalue weighted by molar-refractivity contribution is -0.838. The molecule has 49 heavy (non-hydrogen) atoms. The predicted octanol–water partition coefficient (Wildman–Crippen LogP) is -4.71. The van der Waals surface area contributed by atoms with E-state index in [0.717, 1.165) is 0 Å². The molecule has 5 rings (SSSR count). The maximum absolute atomic E-state index is 12.3. The molecule has 2 saturated heterocycles. The number of carboxylic acid groups (broad SMARTS) is 3. The fourth-order valence-electron chi connectivity index (χ4n) is 6.31. The summed E-state index contributed by atoms with van der Waals surface area (Å²) in [5, 5.41) is 104. The highest BCUT2D eigenvalue weighted by molar-refractivity contribution is 5.89. The van der Waals surface area contributed by atoms with Gasteiger partial charge in [0.15, 0.2) is 29.9 Å². The third kappa shape index (κ3) is 7.36. The van der Waals surface area contributed by atoms with Crippen LogP contribution in [0.3, 0.4) is 0 Å². The van der Waals surface area contributed by atoms with Gasteiger partial charge in [0.05, 0.1) is 12.7 Å². The van der Waals surface area contributed by atoms with Gasteiger partial charge in [-0.15, -0.1) is 0 Å². The number of phenolic OH excluding ortho intramolecular Hbond substituents is 1. The van der Waals surface area contributed by atoms with E-state index >= 15 is 0 Å². The number of quaternary nitrogens is 1. The number of benzene rings is 1. The summed E-state index contributed by atoms with van der Waals surface area (Å²) < 4.78 is 22.7. The van der Waals surface area contributed by atoms with E-state index in [1.165, 1.54) is 31.2 Å². The topological polar surface area (TPSA) is 307 Å². The van der Waals surface area contributed by atoms with Crippen LogP contribution < -0.4 is 15.0 Å². The number of carboxylic acids is 3. The zero-order valence-corrected chi connectivity index (χ0v) is 25.9. The van der Waals surface area contributed by atoms with E-state index in [0.29, 0.717) is 21.7 Å². The molecular weight excluding hydrogens is 660 g/mol. The largest absolute Gasteiger partial charge is 0.504 e. The molecule has 1 aromatic carbocycles. The summed E-state index contributed by atoms with van der Waals surface area (Å²) in [4.78, 5) is 35.8. The molecule has 2 fully saturated rings. The monoisotopic (exact) mass is 699 g/mol. The van der Waals surface area contributed by atoms with Crippen LogP contribution in [0.25, 0.3) is 0 Å². The van der Waals surface area contributed by atoms with Crippen LogP contribution in [0.4, 0.5) is 5.69 Å². The Balaban J connectivity index is 1.44. The van der Waals surface area contributed by atoms with Gasteiger partial charge in [-0.05, 0) is 30.7 Å². The number of allylic oxidation sites excluding steroid dienone is 1. The molecule has 12 N–H and O–H groups in total. The third-order valence-electron chi connectivity index (χ3n) is 9.05. The smallest absolute Gasteiger partial charge is 0.363 e. The SMILES string of the molecule is CC1OC(OC2C(Oc3cc4c(cc3O)CC(C(=O)O)[NH+]4CC=C3C=C(C(=O)O)NC(C(=O)O)C3)OC(CO)C(O)C2O)C(O)C(O)C1O. The third-order valence-corrected chi connectivity index (χ3v) is 9.05. The Morgan fingerprint density at radius 2 is 1.65 bits per heavy atom. The molecule has 1 aromatic rings. The molecule has 270 valence electrons. The first-order valence-corrected chi connectivity index (χ1v) is 15.3. The first-order valence-electron chi connectivity index (χ1n) is 15.3. The van der Waals surface area contributed by atoms with Gasteiger partial charge >= 0.3 is 17.9 Å². The Bertz CT molecular complexity index is 1500. The van der Waals surface area contributed by atoms with Crippen LogP contribution in [-0.2, 0) is 35.0 Å². The van der Waals surface area contributed by atoms with Crippen molar-refractivity contribution in [3.63, 3.8) is 0 Å². The fraction of sp³-hybridized carbons (Fsp3) is 0.567. The van der Waals surface area contributed by atoms with E-state index in [1.54, 1.807) is 0 Å². The minimum Gasteiger partial charge on any atom is -0.504 e. The molecule has 0 aliphatic carbocycles. The zero-order valence-electron chi connectivity index (χ0n) is 25.9. The number of aromatic hydroxyl groups is 1. The van der Waals surface area contributed by atoms with Crippen molar-refractivity contribution in [1.82, 2.24) is 5.32 Å². The molecule has 13 unspecified atom stereocenters. The minimum atomic E-state index is -1.84. The Kier molecular flexibility index (Phi) is 10.8. The van der Waals surface area contributed by atoms with Crippen molar-refractivity contribution in [2.45, 2.75) is 93.3 Å². The fourth-order valence-corrected chi connectivity index (χ4v) is 6.31. The van der Waals surface area contributed by atoms with E-state index in [9.17, 15) is 65.4 Å².